The van der Waals surface area contributed by atoms with Gasteiger partial charge in [0.05, 0.1) is 0 Å². The highest BCUT2D eigenvalue weighted by atomic mass is 35.5. The number of pyridine rings is 1. The van der Waals surface area contributed by atoms with E-state index in [1.54, 1.807) is 12.3 Å². The normalized spacial score (nSPS) is 16.2. The summed E-state index contributed by atoms with van der Waals surface area (Å²) >= 11 is 19.6. The molecular weight excluding hydrogens is 449 g/mol. The second-order valence-electron chi connectivity index (χ2n) is 7.88. The zero-order valence-corrected chi connectivity index (χ0v) is 19.5. The van der Waals surface area contributed by atoms with Crippen molar-refractivity contribution in [3.05, 3.63) is 104 Å². The lowest BCUT2D eigenvalue weighted by Crippen LogP contribution is -2.15. The van der Waals surface area contributed by atoms with Gasteiger partial charge in [-0.15, -0.1) is 0 Å². The van der Waals surface area contributed by atoms with E-state index in [9.17, 15) is 5.11 Å². The maximum atomic E-state index is 11.2. The Balaban J connectivity index is 1.94. The van der Waals surface area contributed by atoms with E-state index in [0.29, 0.717) is 15.6 Å². The largest absolute Gasteiger partial charge is 0.505 e. The average molecular weight is 471 g/mol. The van der Waals surface area contributed by atoms with Crippen LogP contribution in [0.25, 0.3) is 10.9 Å². The lowest BCUT2D eigenvalue weighted by molar-refractivity contribution is 0.459. The predicted molar refractivity (Wildman–Crippen MR) is 131 cm³/mol. The molecule has 4 rings (SSSR count). The third-order valence-corrected chi connectivity index (χ3v) is 6.76. The third-order valence-electron chi connectivity index (χ3n) is 5.84. The SMILES string of the molecule is CC1=CC(Cl)=C([C@@H](C)[C@H](c2ccc(Cl)cc2Cl)c2ccc3cccnc3c2O)CC=C1. The van der Waals surface area contributed by atoms with Gasteiger partial charge < -0.3 is 5.11 Å². The summed E-state index contributed by atoms with van der Waals surface area (Å²) in [5.74, 6) is -0.112. The van der Waals surface area contributed by atoms with E-state index < -0.39 is 0 Å². The van der Waals surface area contributed by atoms with Crippen LogP contribution < -0.4 is 0 Å². The molecule has 0 saturated carbocycles. The van der Waals surface area contributed by atoms with Crippen LogP contribution in [0.1, 0.15) is 37.3 Å². The van der Waals surface area contributed by atoms with Gasteiger partial charge in [-0.3, -0.25) is 4.98 Å². The first-order chi connectivity index (χ1) is 14.9. The molecule has 2 aromatic carbocycles. The number of phenolic OH excluding ortho intramolecular Hbond substituents is 1. The van der Waals surface area contributed by atoms with Gasteiger partial charge in [0, 0.05) is 38.1 Å². The van der Waals surface area contributed by atoms with Crippen molar-refractivity contribution in [2.45, 2.75) is 26.2 Å². The van der Waals surface area contributed by atoms with Gasteiger partial charge in [0.1, 0.15) is 11.3 Å². The molecule has 0 aliphatic heterocycles. The minimum atomic E-state index is -0.236. The molecule has 0 unspecified atom stereocenters. The number of aromatic nitrogens is 1. The number of benzene rings is 2. The average Bonchev–Trinajstić information content (AvgIpc) is 2.91. The van der Waals surface area contributed by atoms with E-state index in [1.165, 1.54) is 0 Å². The van der Waals surface area contributed by atoms with Crippen LogP contribution in [-0.4, -0.2) is 10.1 Å². The molecule has 1 aliphatic carbocycles. The van der Waals surface area contributed by atoms with Gasteiger partial charge in [-0.2, -0.15) is 0 Å². The number of nitrogens with zero attached hydrogens (tertiary/aromatic N) is 1. The van der Waals surface area contributed by atoms with E-state index in [4.69, 9.17) is 34.8 Å². The Hall–Kier alpha value is -2.26. The van der Waals surface area contributed by atoms with Crippen molar-refractivity contribution < 1.29 is 5.11 Å². The number of phenols is 1. The fourth-order valence-corrected chi connectivity index (χ4v) is 5.22. The summed E-state index contributed by atoms with van der Waals surface area (Å²) in [6.45, 7) is 4.15. The lowest BCUT2D eigenvalue weighted by Gasteiger charge is -2.29. The van der Waals surface area contributed by atoms with Gasteiger partial charge in [0.25, 0.3) is 0 Å². The summed E-state index contributed by atoms with van der Waals surface area (Å²) in [6, 6.07) is 13.2. The summed E-state index contributed by atoms with van der Waals surface area (Å²) in [5.41, 5.74) is 4.40. The van der Waals surface area contributed by atoms with Crippen molar-refractivity contribution in [3.63, 3.8) is 0 Å². The van der Waals surface area contributed by atoms with Gasteiger partial charge in [-0.25, -0.2) is 0 Å². The molecule has 0 amide bonds. The van der Waals surface area contributed by atoms with Gasteiger partial charge in [-0.05, 0) is 60.2 Å². The van der Waals surface area contributed by atoms with Crippen molar-refractivity contribution >= 4 is 45.7 Å². The highest BCUT2D eigenvalue weighted by molar-refractivity contribution is 6.35. The number of halogens is 3. The molecule has 2 nitrogen and oxygen atoms in total. The molecule has 1 N–H and O–H groups in total. The molecule has 0 radical (unpaired) electrons. The molecule has 0 saturated heterocycles. The first-order valence-electron chi connectivity index (χ1n) is 10.1. The van der Waals surface area contributed by atoms with E-state index in [1.807, 2.05) is 49.4 Å². The summed E-state index contributed by atoms with van der Waals surface area (Å²) in [6.07, 6.45) is 8.59. The van der Waals surface area contributed by atoms with Crippen LogP contribution in [-0.2, 0) is 0 Å². The first-order valence-corrected chi connectivity index (χ1v) is 11.2. The number of aromatic hydroxyl groups is 1. The minimum absolute atomic E-state index is 0.0370. The Morgan fingerprint density at radius 2 is 1.81 bits per heavy atom. The minimum Gasteiger partial charge on any atom is -0.505 e. The maximum Gasteiger partial charge on any atom is 0.145 e. The Morgan fingerprint density at radius 1 is 1.03 bits per heavy atom. The molecule has 31 heavy (non-hydrogen) atoms. The molecule has 158 valence electrons. The second-order valence-corrected chi connectivity index (χ2v) is 9.13. The Kier molecular flexibility index (Phi) is 6.43. The van der Waals surface area contributed by atoms with Crippen molar-refractivity contribution in [1.29, 1.82) is 0 Å². The van der Waals surface area contributed by atoms with Gasteiger partial charge in [-0.1, -0.05) is 78.1 Å². The number of fused-ring (bicyclic) bond motifs is 1. The van der Waals surface area contributed by atoms with Crippen molar-refractivity contribution in [2.24, 2.45) is 5.92 Å². The van der Waals surface area contributed by atoms with Crippen LogP contribution in [0.5, 0.6) is 5.75 Å². The predicted octanol–water partition coefficient (Wildman–Crippen LogP) is 8.41. The van der Waals surface area contributed by atoms with Crippen LogP contribution in [0, 0.1) is 5.92 Å². The molecular formula is C26H22Cl3NO. The number of allylic oxidation sites excluding steroid dienone is 6. The molecule has 2 atom stereocenters. The highest BCUT2D eigenvalue weighted by Crippen LogP contribution is 2.46. The van der Waals surface area contributed by atoms with Crippen LogP contribution in [0.3, 0.4) is 0 Å². The van der Waals surface area contributed by atoms with Crippen LogP contribution >= 0.6 is 34.8 Å². The molecule has 1 aromatic heterocycles. The Labute approximate surface area is 197 Å². The molecule has 0 spiro atoms. The monoisotopic (exact) mass is 469 g/mol. The topological polar surface area (TPSA) is 33.1 Å². The standard InChI is InChI=1S/C26H22Cl3NO/c1-15-5-3-7-19(22(28)13-15)16(2)24(20-11-9-18(27)14-23(20)29)21-10-8-17-6-4-12-30-25(17)26(21)31/h3-6,8-14,16,24,31H,7H2,1-2H3/t16-,24-/m1/s1. The molecule has 5 heteroatoms. The van der Waals surface area contributed by atoms with Crippen molar-refractivity contribution in [2.75, 3.05) is 0 Å². The summed E-state index contributed by atoms with van der Waals surface area (Å²) in [4.78, 5) is 4.40. The molecule has 0 fully saturated rings. The van der Waals surface area contributed by atoms with Crippen molar-refractivity contribution in [1.82, 2.24) is 4.98 Å². The summed E-state index contributed by atoms with van der Waals surface area (Å²) in [7, 11) is 0. The zero-order valence-electron chi connectivity index (χ0n) is 17.2. The number of rotatable bonds is 4. The first kappa shape index (κ1) is 22.0. The van der Waals surface area contributed by atoms with E-state index in [0.717, 1.165) is 39.1 Å². The smallest absolute Gasteiger partial charge is 0.145 e. The van der Waals surface area contributed by atoms with E-state index in [2.05, 4.69) is 24.1 Å². The number of hydrogen-bond donors (Lipinski definition) is 1. The summed E-state index contributed by atoms with van der Waals surface area (Å²) in [5, 5.41) is 14.0. The highest BCUT2D eigenvalue weighted by Gasteiger charge is 2.30. The van der Waals surface area contributed by atoms with Gasteiger partial charge >= 0.3 is 0 Å². The third kappa shape index (κ3) is 4.39. The fourth-order valence-electron chi connectivity index (χ4n) is 4.27. The zero-order chi connectivity index (χ0) is 22.1. The van der Waals surface area contributed by atoms with Crippen LogP contribution in [0.4, 0.5) is 0 Å². The molecule has 0 bridgehead atoms. The molecule has 1 aliphatic rings. The second kappa shape index (κ2) is 9.08. The van der Waals surface area contributed by atoms with Gasteiger partial charge in [0.2, 0.25) is 0 Å². The van der Waals surface area contributed by atoms with E-state index >= 15 is 0 Å². The quantitative estimate of drug-likeness (QED) is 0.415. The van der Waals surface area contributed by atoms with Crippen molar-refractivity contribution in [3.8, 4) is 5.75 Å². The number of hydrogen-bond acceptors (Lipinski definition) is 2. The Morgan fingerprint density at radius 3 is 2.58 bits per heavy atom. The summed E-state index contributed by atoms with van der Waals surface area (Å²) < 4.78 is 0. The van der Waals surface area contributed by atoms with Crippen LogP contribution in [0.15, 0.2) is 83.1 Å². The van der Waals surface area contributed by atoms with Gasteiger partial charge in [0.15, 0.2) is 0 Å². The Bertz CT molecular complexity index is 1240. The van der Waals surface area contributed by atoms with Crippen LogP contribution in [0.2, 0.25) is 10.0 Å². The molecule has 1 heterocycles. The maximum absolute atomic E-state index is 11.2. The van der Waals surface area contributed by atoms with E-state index in [-0.39, 0.29) is 17.6 Å². The lowest BCUT2D eigenvalue weighted by atomic mass is 9.76. The fraction of sp³-hybridized carbons (Fsp3) is 0.192. The molecule has 3 aromatic rings.